The molecule has 3 nitrogen and oxygen atoms in total. The van der Waals surface area contributed by atoms with E-state index in [2.05, 4.69) is 48.9 Å². The Balaban J connectivity index is 2.14. The topological polar surface area (TPSA) is 55.1 Å². The van der Waals surface area contributed by atoms with Crippen LogP contribution >= 0.6 is 15.9 Å². The molecule has 0 radical (unpaired) electrons. The van der Waals surface area contributed by atoms with Gasteiger partial charge in [-0.3, -0.25) is 4.79 Å². The molecule has 0 aromatic heterocycles. The third kappa shape index (κ3) is 4.22. The zero-order valence-electron chi connectivity index (χ0n) is 13.3. The number of hydrogen-bond donors (Lipinski definition) is 2. The van der Waals surface area contributed by atoms with E-state index in [1.807, 2.05) is 6.07 Å². The van der Waals surface area contributed by atoms with Crippen LogP contribution < -0.4 is 11.1 Å². The zero-order chi connectivity index (χ0) is 15.8. The third-order valence-electron chi connectivity index (χ3n) is 4.15. The maximum Gasteiger partial charge on any atom is 0.253 e. The van der Waals surface area contributed by atoms with Crippen molar-refractivity contribution in [3.05, 3.63) is 28.2 Å². The second kappa shape index (κ2) is 5.64. The highest BCUT2D eigenvalue weighted by atomic mass is 79.9. The van der Waals surface area contributed by atoms with E-state index in [4.69, 9.17) is 5.73 Å². The normalized spacial score (nSPS) is 21.0. The van der Waals surface area contributed by atoms with Gasteiger partial charge in [0, 0.05) is 16.2 Å². The molecule has 0 aliphatic heterocycles. The summed E-state index contributed by atoms with van der Waals surface area (Å²) in [5.41, 5.74) is 7.49. The van der Waals surface area contributed by atoms with Crippen LogP contribution in [0, 0.1) is 10.8 Å². The summed E-state index contributed by atoms with van der Waals surface area (Å²) in [6.07, 6.45) is 3.21. The largest absolute Gasteiger partial charge is 0.398 e. The van der Waals surface area contributed by atoms with Gasteiger partial charge in [-0.2, -0.15) is 0 Å². The Hall–Kier alpha value is -1.03. The molecule has 0 atom stereocenters. The Morgan fingerprint density at radius 2 is 1.81 bits per heavy atom. The van der Waals surface area contributed by atoms with Crippen LogP contribution in [0.25, 0.3) is 0 Å². The quantitative estimate of drug-likeness (QED) is 0.776. The summed E-state index contributed by atoms with van der Waals surface area (Å²) in [6.45, 7) is 9.11. The Morgan fingerprint density at radius 3 is 2.38 bits per heavy atom. The minimum absolute atomic E-state index is 0.0766. The summed E-state index contributed by atoms with van der Waals surface area (Å²) >= 11 is 3.39. The first-order valence-electron chi connectivity index (χ1n) is 7.44. The van der Waals surface area contributed by atoms with Crippen molar-refractivity contribution in [2.24, 2.45) is 10.8 Å². The van der Waals surface area contributed by atoms with Crippen molar-refractivity contribution in [1.29, 1.82) is 0 Å². The lowest BCUT2D eigenvalue weighted by molar-refractivity contribution is 0.0714. The molecular formula is C17H25BrN2O. The molecule has 1 aliphatic rings. The summed E-state index contributed by atoms with van der Waals surface area (Å²) in [5.74, 6) is -0.0766. The second-order valence-electron chi connectivity index (χ2n) is 7.82. The molecule has 1 aliphatic carbocycles. The Morgan fingerprint density at radius 1 is 1.24 bits per heavy atom. The molecule has 2 rings (SSSR count). The van der Waals surface area contributed by atoms with Crippen molar-refractivity contribution < 1.29 is 4.79 Å². The van der Waals surface area contributed by atoms with E-state index in [9.17, 15) is 4.79 Å². The minimum Gasteiger partial charge on any atom is -0.398 e. The fourth-order valence-electron chi connectivity index (χ4n) is 3.94. The molecule has 3 N–H and O–H groups in total. The van der Waals surface area contributed by atoms with E-state index < -0.39 is 0 Å². The molecule has 0 unspecified atom stereocenters. The van der Waals surface area contributed by atoms with E-state index in [1.54, 1.807) is 12.1 Å². The van der Waals surface area contributed by atoms with E-state index in [0.717, 1.165) is 17.3 Å². The van der Waals surface area contributed by atoms with E-state index in [1.165, 1.54) is 6.42 Å². The Bertz CT molecular complexity index is 536. The first-order valence-corrected chi connectivity index (χ1v) is 8.23. The molecule has 21 heavy (non-hydrogen) atoms. The predicted molar refractivity (Wildman–Crippen MR) is 91.2 cm³/mol. The molecule has 1 amide bonds. The highest BCUT2D eigenvalue weighted by Crippen LogP contribution is 2.45. The lowest BCUT2D eigenvalue weighted by Crippen LogP contribution is -2.46. The third-order valence-corrected chi connectivity index (χ3v) is 4.64. The minimum atomic E-state index is -0.0766. The molecule has 1 saturated carbocycles. The smallest absolute Gasteiger partial charge is 0.253 e. The number of benzene rings is 1. The average Bonchev–Trinajstić information content (AvgIpc) is 2.27. The summed E-state index contributed by atoms with van der Waals surface area (Å²) < 4.78 is 0.867. The van der Waals surface area contributed by atoms with Gasteiger partial charge in [0.05, 0.1) is 5.56 Å². The van der Waals surface area contributed by atoms with Crippen LogP contribution in [0.2, 0.25) is 0 Å². The lowest BCUT2D eigenvalue weighted by atomic mass is 9.63. The van der Waals surface area contributed by atoms with Gasteiger partial charge in [-0.25, -0.2) is 0 Å². The molecular weight excluding hydrogens is 328 g/mol. The summed E-state index contributed by atoms with van der Waals surface area (Å²) in [6, 6.07) is 5.59. The molecule has 0 spiro atoms. The fourth-order valence-corrected chi connectivity index (χ4v) is 4.30. The number of carbonyl (C=O) groups excluding carboxylic acids is 1. The second-order valence-corrected chi connectivity index (χ2v) is 8.73. The SMILES string of the molecule is CC1(C)CC(NC(=O)c2cc(Br)ccc2N)CC(C)(C)C1. The number of nitrogen functional groups attached to an aromatic ring is 1. The number of anilines is 1. The standard InChI is InChI=1S/C17H25BrN2O/c1-16(2)8-12(9-17(3,4)10-16)20-15(21)13-7-11(18)5-6-14(13)19/h5-7,12H,8-10,19H2,1-4H3,(H,20,21). The molecule has 1 aromatic carbocycles. The number of carbonyl (C=O) groups is 1. The molecule has 4 heteroatoms. The van der Waals surface area contributed by atoms with Crippen LogP contribution in [-0.4, -0.2) is 11.9 Å². The highest BCUT2D eigenvalue weighted by molar-refractivity contribution is 9.10. The van der Waals surface area contributed by atoms with Gasteiger partial charge in [0.2, 0.25) is 0 Å². The van der Waals surface area contributed by atoms with Crippen LogP contribution in [0.4, 0.5) is 5.69 Å². The van der Waals surface area contributed by atoms with Gasteiger partial charge in [0.25, 0.3) is 5.91 Å². The number of rotatable bonds is 2. The maximum atomic E-state index is 12.5. The maximum absolute atomic E-state index is 12.5. The van der Waals surface area contributed by atoms with Gasteiger partial charge >= 0.3 is 0 Å². The van der Waals surface area contributed by atoms with Crippen molar-refractivity contribution in [3.8, 4) is 0 Å². The number of hydrogen-bond acceptors (Lipinski definition) is 2. The molecule has 1 aromatic rings. The van der Waals surface area contributed by atoms with E-state index >= 15 is 0 Å². The molecule has 0 heterocycles. The van der Waals surface area contributed by atoms with Gasteiger partial charge in [0.15, 0.2) is 0 Å². The predicted octanol–water partition coefficient (Wildman–Crippen LogP) is 4.37. The molecule has 1 fully saturated rings. The number of nitrogens with two attached hydrogens (primary N) is 1. The first kappa shape index (κ1) is 16.3. The number of amides is 1. The Labute approximate surface area is 135 Å². The molecule has 0 bridgehead atoms. The first-order chi connectivity index (χ1) is 9.58. The fraction of sp³-hybridized carbons (Fsp3) is 0.588. The summed E-state index contributed by atoms with van der Waals surface area (Å²) in [7, 11) is 0. The van der Waals surface area contributed by atoms with Crippen molar-refractivity contribution >= 4 is 27.5 Å². The van der Waals surface area contributed by atoms with Crippen LogP contribution in [0.15, 0.2) is 22.7 Å². The van der Waals surface area contributed by atoms with Gasteiger partial charge in [0.1, 0.15) is 0 Å². The molecule has 0 saturated heterocycles. The van der Waals surface area contributed by atoms with Crippen molar-refractivity contribution in [2.45, 2.75) is 53.0 Å². The van der Waals surface area contributed by atoms with Crippen LogP contribution in [-0.2, 0) is 0 Å². The van der Waals surface area contributed by atoms with Gasteiger partial charge in [-0.15, -0.1) is 0 Å². The Kier molecular flexibility index (Phi) is 4.39. The summed E-state index contributed by atoms with van der Waals surface area (Å²) in [4.78, 5) is 12.5. The van der Waals surface area contributed by atoms with Gasteiger partial charge in [-0.05, 0) is 48.3 Å². The monoisotopic (exact) mass is 352 g/mol. The highest BCUT2D eigenvalue weighted by Gasteiger charge is 2.39. The van der Waals surface area contributed by atoms with E-state index in [0.29, 0.717) is 11.3 Å². The van der Waals surface area contributed by atoms with Gasteiger partial charge in [-0.1, -0.05) is 43.6 Å². The van der Waals surface area contributed by atoms with Crippen molar-refractivity contribution in [1.82, 2.24) is 5.32 Å². The van der Waals surface area contributed by atoms with Crippen molar-refractivity contribution in [2.75, 3.05) is 5.73 Å². The van der Waals surface area contributed by atoms with E-state index in [-0.39, 0.29) is 22.8 Å². The van der Waals surface area contributed by atoms with Crippen LogP contribution in [0.1, 0.15) is 57.3 Å². The molecule has 116 valence electrons. The average molecular weight is 353 g/mol. The van der Waals surface area contributed by atoms with Gasteiger partial charge < -0.3 is 11.1 Å². The van der Waals surface area contributed by atoms with Crippen LogP contribution in [0.3, 0.4) is 0 Å². The lowest BCUT2D eigenvalue weighted by Gasteiger charge is -2.45. The number of nitrogens with one attached hydrogen (secondary N) is 1. The number of halogens is 1. The summed E-state index contributed by atoms with van der Waals surface area (Å²) in [5, 5.41) is 3.17. The van der Waals surface area contributed by atoms with Crippen LogP contribution in [0.5, 0.6) is 0 Å². The van der Waals surface area contributed by atoms with Crippen molar-refractivity contribution in [3.63, 3.8) is 0 Å². The zero-order valence-corrected chi connectivity index (χ0v) is 14.9.